The summed E-state index contributed by atoms with van der Waals surface area (Å²) in [5.74, 6) is -2.82. The molecular weight excluding hydrogens is 306 g/mol. The van der Waals surface area contributed by atoms with Crippen molar-refractivity contribution in [3.8, 4) is 17.0 Å². The van der Waals surface area contributed by atoms with E-state index in [0.717, 1.165) is 12.1 Å². The standard InChI is InChI=1S/C14H9F4NO3/c15-13-8(7-12(20)21)5-6-10(19-13)9-3-1-2-4-11(9)22-14(16,17)18/h1-6H,7H2,(H,20,21). The maximum Gasteiger partial charge on any atom is 0.573 e. The highest BCUT2D eigenvalue weighted by molar-refractivity contribution is 5.71. The molecule has 2 rings (SSSR count). The number of hydrogen-bond donors (Lipinski definition) is 1. The fourth-order valence-electron chi connectivity index (χ4n) is 1.80. The first-order valence-corrected chi connectivity index (χ1v) is 5.98. The Morgan fingerprint density at radius 2 is 1.86 bits per heavy atom. The topological polar surface area (TPSA) is 59.4 Å². The van der Waals surface area contributed by atoms with Gasteiger partial charge in [-0.05, 0) is 18.2 Å². The Bertz CT molecular complexity index is 701. The van der Waals surface area contributed by atoms with Gasteiger partial charge in [0.15, 0.2) is 0 Å². The van der Waals surface area contributed by atoms with Crippen molar-refractivity contribution in [2.45, 2.75) is 12.8 Å². The van der Waals surface area contributed by atoms with Crippen molar-refractivity contribution >= 4 is 5.97 Å². The van der Waals surface area contributed by atoms with E-state index < -0.39 is 30.4 Å². The molecule has 0 atom stereocenters. The molecule has 1 aromatic carbocycles. The molecule has 0 fully saturated rings. The van der Waals surface area contributed by atoms with Crippen LogP contribution in [0.2, 0.25) is 0 Å². The average Bonchev–Trinajstić information content (AvgIpc) is 2.39. The Labute approximate surface area is 122 Å². The molecule has 0 amide bonds. The van der Waals surface area contributed by atoms with Crippen molar-refractivity contribution < 1.29 is 32.2 Å². The van der Waals surface area contributed by atoms with Crippen molar-refractivity contribution in [3.63, 3.8) is 0 Å². The first kappa shape index (κ1) is 15.7. The lowest BCUT2D eigenvalue weighted by Crippen LogP contribution is -2.17. The van der Waals surface area contributed by atoms with Crippen LogP contribution in [0.4, 0.5) is 17.6 Å². The third kappa shape index (κ3) is 3.94. The maximum atomic E-state index is 13.7. The molecule has 2 aromatic rings. The number of nitrogens with zero attached hydrogens (tertiary/aromatic N) is 1. The predicted octanol–water partition coefficient (Wildman–Crippen LogP) is 3.41. The minimum Gasteiger partial charge on any atom is -0.481 e. The van der Waals surface area contributed by atoms with Crippen molar-refractivity contribution in [2.24, 2.45) is 0 Å². The quantitative estimate of drug-likeness (QED) is 0.694. The van der Waals surface area contributed by atoms with Crippen LogP contribution in [0.1, 0.15) is 5.56 Å². The fourth-order valence-corrected chi connectivity index (χ4v) is 1.80. The van der Waals surface area contributed by atoms with E-state index in [-0.39, 0.29) is 16.8 Å². The molecule has 22 heavy (non-hydrogen) atoms. The number of para-hydroxylation sites is 1. The van der Waals surface area contributed by atoms with Gasteiger partial charge < -0.3 is 9.84 Å². The van der Waals surface area contributed by atoms with Gasteiger partial charge in [-0.2, -0.15) is 4.39 Å². The number of ether oxygens (including phenoxy) is 1. The van der Waals surface area contributed by atoms with E-state index in [1.165, 1.54) is 24.3 Å². The van der Waals surface area contributed by atoms with Crippen molar-refractivity contribution in [1.82, 2.24) is 4.98 Å². The summed E-state index contributed by atoms with van der Waals surface area (Å²) in [7, 11) is 0. The second-order valence-corrected chi connectivity index (χ2v) is 4.26. The minimum absolute atomic E-state index is 0.0550. The van der Waals surface area contributed by atoms with Gasteiger partial charge in [0.05, 0.1) is 12.1 Å². The van der Waals surface area contributed by atoms with Crippen LogP contribution >= 0.6 is 0 Å². The molecule has 0 radical (unpaired) electrons. The lowest BCUT2D eigenvalue weighted by Gasteiger charge is -2.13. The summed E-state index contributed by atoms with van der Waals surface area (Å²) in [5, 5.41) is 8.61. The Kier molecular flexibility index (Phi) is 4.30. The van der Waals surface area contributed by atoms with E-state index in [9.17, 15) is 22.4 Å². The largest absolute Gasteiger partial charge is 0.573 e. The molecule has 0 spiro atoms. The molecule has 116 valence electrons. The van der Waals surface area contributed by atoms with E-state index in [2.05, 4.69) is 9.72 Å². The lowest BCUT2D eigenvalue weighted by molar-refractivity contribution is -0.274. The molecule has 1 aromatic heterocycles. The summed E-state index contributed by atoms with van der Waals surface area (Å²) >= 11 is 0. The van der Waals surface area contributed by atoms with Crippen molar-refractivity contribution in [1.29, 1.82) is 0 Å². The van der Waals surface area contributed by atoms with Crippen LogP contribution in [0.5, 0.6) is 5.75 Å². The Hall–Kier alpha value is -2.64. The molecule has 0 aliphatic carbocycles. The van der Waals surface area contributed by atoms with E-state index >= 15 is 0 Å². The van der Waals surface area contributed by atoms with E-state index in [1.54, 1.807) is 0 Å². The zero-order valence-electron chi connectivity index (χ0n) is 10.9. The molecule has 0 bridgehead atoms. The number of alkyl halides is 3. The van der Waals surface area contributed by atoms with Crippen LogP contribution in [-0.4, -0.2) is 22.4 Å². The Morgan fingerprint density at radius 1 is 1.18 bits per heavy atom. The monoisotopic (exact) mass is 315 g/mol. The zero-order valence-corrected chi connectivity index (χ0v) is 10.9. The fraction of sp³-hybridized carbons (Fsp3) is 0.143. The molecule has 0 saturated carbocycles. The second kappa shape index (κ2) is 6.00. The lowest BCUT2D eigenvalue weighted by atomic mass is 10.1. The van der Waals surface area contributed by atoms with Gasteiger partial charge in [0.25, 0.3) is 0 Å². The predicted molar refractivity (Wildman–Crippen MR) is 67.7 cm³/mol. The molecular formula is C14H9F4NO3. The summed E-state index contributed by atoms with van der Waals surface area (Å²) in [6.07, 6.45) is -5.46. The highest BCUT2D eigenvalue weighted by atomic mass is 19.4. The number of carboxylic acid groups (broad SMARTS) is 1. The van der Waals surface area contributed by atoms with Crippen LogP contribution in [0.25, 0.3) is 11.3 Å². The minimum atomic E-state index is -4.89. The number of halogens is 4. The molecule has 0 unspecified atom stereocenters. The molecule has 8 heteroatoms. The summed E-state index contributed by atoms with van der Waals surface area (Å²) in [6.45, 7) is 0. The third-order valence-electron chi connectivity index (χ3n) is 2.66. The van der Waals surface area contributed by atoms with Crippen LogP contribution in [0.3, 0.4) is 0 Å². The van der Waals surface area contributed by atoms with Gasteiger partial charge in [0.1, 0.15) is 5.75 Å². The van der Waals surface area contributed by atoms with E-state index in [0.29, 0.717) is 0 Å². The van der Waals surface area contributed by atoms with Gasteiger partial charge in [-0.1, -0.05) is 18.2 Å². The number of aromatic nitrogens is 1. The maximum absolute atomic E-state index is 13.7. The van der Waals surface area contributed by atoms with Crippen LogP contribution in [0.15, 0.2) is 36.4 Å². The SMILES string of the molecule is O=C(O)Cc1ccc(-c2ccccc2OC(F)(F)F)nc1F. The van der Waals surface area contributed by atoms with Gasteiger partial charge in [-0.15, -0.1) is 13.2 Å². The smallest absolute Gasteiger partial charge is 0.481 e. The van der Waals surface area contributed by atoms with Gasteiger partial charge in [0, 0.05) is 11.1 Å². The first-order valence-electron chi connectivity index (χ1n) is 5.98. The average molecular weight is 315 g/mol. The Morgan fingerprint density at radius 3 is 2.45 bits per heavy atom. The van der Waals surface area contributed by atoms with Gasteiger partial charge in [-0.25, -0.2) is 4.98 Å². The summed E-state index contributed by atoms with van der Waals surface area (Å²) in [6, 6.07) is 7.55. The van der Waals surface area contributed by atoms with Crippen molar-refractivity contribution in [2.75, 3.05) is 0 Å². The van der Waals surface area contributed by atoms with Crippen molar-refractivity contribution in [3.05, 3.63) is 47.9 Å². The summed E-state index contributed by atoms with van der Waals surface area (Å²) in [5.41, 5.74) is -0.308. The highest BCUT2D eigenvalue weighted by Gasteiger charge is 2.32. The van der Waals surface area contributed by atoms with Gasteiger partial charge in [0.2, 0.25) is 5.95 Å². The van der Waals surface area contributed by atoms with E-state index in [4.69, 9.17) is 5.11 Å². The zero-order chi connectivity index (χ0) is 16.3. The number of aliphatic carboxylic acids is 1. The molecule has 0 aliphatic rings. The highest BCUT2D eigenvalue weighted by Crippen LogP contribution is 2.32. The molecule has 0 saturated heterocycles. The van der Waals surface area contributed by atoms with Crippen LogP contribution in [0, 0.1) is 5.95 Å². The first-order chi connectivity index (χ1) is 10.3. The molecule has 1 N–H and O–H groups in total. The number of hydrogen-bond acceptors (Lipinski definition) is 3. The van der Waals surface area contributed by atoms with Crippen LogP contribution in [-0.2, 0) is 11.2 Å². The van der Waals surface area contributed by atoms with Gasteiger partial charge >= 0.3 is 12.3 Å². The number of carboxylic acids is 1. The third-order valence-corrected chi connectivity index (χ3v) is 2.66. The van der Waals surface area contributed by atoms with E-state index in [1.807, 2.05) is 0 Å². The number of rotatable bonds is 4. The summed E-state index contributed by atoms with van der Waals surface area (Å²) < 4.78 is 54.6. The Balaban J connectivity index is 2.40. The second-order valence-electron chi connectivity index (χ2n) is 4.26. The summed E-state index contributed by atoms with van der Waals surface area (Å²) in [4.78, 5) is 14.1. The number of pyridine rings is 1. The number of carbonyl (C=O) groups is 1. The van der Waals surface area contributed by atoms with Gasteiger partial charge in [-0.3, -0.25) is 4.79 Å². The molecule has 4 nitrogen and oxygen atoms in total. The molecule has 0 aliphatic heterocycles. The molecule has 1 heterocycles. The number of benzene rings is 1. The normalized spacial score (nSPS) is 11.3. The van der Waals surface area contributed by atoms with Crippen LogP contribution < -0.4 is 4.74 Å².